The highest BCUT2D eigenvalue weighted by Crippen LogP contribution is 2.23. The summed E-state index contributed by atoms with van der Waals surface area (Å²) in [6.07, 6.45) is 0.865. The molecule has 0 aliphatic rings. The van der Waals surface area contributed by atoms with Crippen molar-refractivity contribution in [2.75, 3.05) is 13.6 Å². The Hall–Kier alpha value is -1.52. The number of carbonyl (C=O) groups is 2. The fourth-order valence-electron chi connectivity index (χ4n) is 1.95. The molecule has 1 rings (SSSR count). The summed E-state index contributed by atoms with van der Waals surface area (Å²) in [5.41, 5.74) is 1.69. The lowest BCUT2D eigenvalue weighted by atomic mass is 10.0. The number of halogens is 2. The van der Waals surface area contributed by atoms with Crippen molar-refractivity contribution in [3.05, 3.63) is 46.0 Å². The monoisotopic (exact) mass is 328 g/mol. The van der Waals surface area contributed by atoms with Crippen molar-refractivity contribution in [3.8, 4) is 0 Å². The molecule has 0 radical (unpaired) electrons. The van der Waals surface area contributed by atoms with Crippen molar-refractivity contribution in [1.82, 2.24) is 10.2 Å². The number of carbonyl (C=O) groups excluding carboxylic acids is 2. The smallest absolute Gasteiger partial charge is 0.245 e. The van der Waals surface area contributed by atoms with E-state index in [0.29, 0.717) is 29.4 Å². The lowest BCUT2D eigenvalue weighted by molar-refractivity contribution is -0.133. The lowest BCUT2D eigenvalue weighted by Crippen LogP contribution is -2.46. The van der Waals surface area contributed by atoms with Gasteiger partial charge in [-0.1, -0.05) is 41.4 Å². The maximum absolute atomic E-state index is 12.3. The van der Waals surface area contributed by atoms with E-state index in [2.05, 4.69) is 11.9 Å². The molecule has 0 fully saturated rings. The highest BCUT2D eigenvalue weighted by atomic mass is 35.5. The highest BCUT2D eigenvalue weighted by Gasteiger charge is 2.22. The summed E-state index contributed by atoms with van der Waals surface area (Å²) >= 11 is 11.8. The van der Waals surface area contributed by atoms with Gasteiger partial charge in [0.2, 0.25) is 12.3 Å². The molecule has 1 aromatic carbocycles. The number of hydrogen-bond acceptors (Lipinski definition) is 2. The number of benzene rings is 1. The van der Waals surface area contributed by atoms with Crippen LogP contribution in [0.1, 0.15) is 12.5 Å². The first-order valence-electron chi connectivity index (χ1n) is 6.38. The van der Waals surface area contributed by atoms with Crippen molar-refractivity contribution >= 4 is 35.5 Å². The minimum absolute atomic E-state index is 0.184. The van der Waals surface area contributed by atoms with E-state index >= 15 is 0 Å². The first kappa shape index (κ1) is 17.5. The molecule has 1 unspecified atom stereocenters. The molecule has 1 atom stereocenters. The minimum atomic E-state index is -0.649. The fourth-order valence-corrected chi connectivity index (χ4v) is 2.27. The molecule has 0 aliphatic carbocycles. The number of hydrogen-bond donors (Lipinski definition) is 1. The Morgan fingerprint density at radius 2 is 2.10 bits per heavy atom. The zero-order valence-electron chi connectivity index (χ0n) is 12.0. The Bertz CT molecular complexity index is 546. The van der Waals surface area contributed by atoms with E-state index in [0.717, 1.165) is 11.1 Å². The SMILES string of the molecule is C=C(C)CN(C)C(=O)C(Cc1ccc(Cl)c(Cl)c1)NC=O. The van der Waals surface area contributed by atoms with Crippen LogP contribution in [0, 0.1) is 0 Å². The summed E-state index contributed by atoms with van der Waals surface area (Å²) in [6.45, 7) is 6.05. The maximum atomic E-state index is 12.3. The van der Waals surface area contributed by atoms with E-state index in [9.17, 15) is 9.59 Å². The van der Waals surface area contributed by atoms with Gasteiger partial charge in [-0.25, -0.2) is 0 Å². The average molecular weight is 329 g/mol. The van der Waals surface area contributed by atoms with Gasteiger partial charge in [0.05, 0.1) is 10.0 Å². The van der Waals surface area contributed by atoms with Crippen LogP contribution >= 0.6 is 23.2 Å². The molecule has 0 aliphatic heterocycles. The van der Waals surface area contributed by atoms with E-state index in [1.807, 2.05) is 6.92 Å². The van der Waals surface area contributed by atoms with Gasteiger partial charge in [0, 0.05) is 20.0 Å². The van der Waals surface area contributed by atoms with Gasteiger partial charge in [0.25, 0.3) is 0 Å². The predicted molar refractivity (Wildman–Crippen MR) is 85.6 cm³/mol. The van der Waals surface area contributed by atoms with Crippen molar-refractivity contribution in [3.63, 3.8) is 0 Å². The Labute approximate surface area is 134 Å². The average Bonchev–Trinajstić information content (AvgIpc) is 2.40. The molecule has 1 N–H and O–H groups in total. The second-order valence-corrected chi connectivity index (χ2v) is 5.76. The largest absolute Gasteiger partial charge is 0.347 e. The van der Waals surface area contributed by atoms with E-state index in [1.54, 1.807) is 25.2 Å². The van der Waals surface area contributed by atoms with E-state index in [1.165, 1.54) is 4.90 Å². The van der Waals surface area contributed by atoms with Crippen LogP contribution in [0.3, 0.4) is 0 Å². The van der Waals surface area contributed by atoms with Crippen LogP contribution < -0.4 is 5.32 Å². The third-order valence-corrected chi connectivity index (χ3v) is 3.61. The van der Waals surface area contributed by atoms with Gasteiger partial charge in [-0.2, -0.15) is 0 Å². The molecule has 0 saturated carbocycles. The Morgan fingerprint density at radius 3 is 2.62 bits per heavy atom. The van der Waals surface area contributed by atoms with Gasteiger partial charge >= 0.3 is 0 Å². The first-order chi connectivity index (χ1) is 9.85. The molecular formula is C15H18Cl2N2O2. The number of amides is 2. The zero-order chi connectivity index (χ0) is 16.0. The van der Waals surface area contributed by atoms with Gasteiger partial charge in [0.15, 0.2) is 0 Å². The van der Waals surface area contributed by atoms with Crippen molar-refractivity contribution in [1.29, 1.82) is 0 Å². The fraction of sp³-hybridized carbons (Fsp3) is 0.333. The van der Waals surface area contributed by atoms with Crippen LogP contribution in [0.2, 0.25) is 10.0 Å². The second-order valence-electron chi connectivity index (χ2n) is 4.94. The van der Waals surface area contributed by atoms with Crippen molar-refractivity contribution < 1.29 is 9.59 Å². The maximum Gasteiger partial charge on any atom is 0.245 e. The van der Waals surface area contributed by atoms with Gasteiger partial charge in [0.1, 0.15) is 6.04 Å². The third kappa shape index (κ3) is 5.40. The molecular weight excluding hydrogens is 311 g/mol. The van der Waals surface area contributed by atoms with Crippen LogP contribution in [-0.2, 0) is 16.0 Å². The highest BCUT2D eigenvalue weighted by molar-refractivity contribution is 6.42. The zero-order valence-corrected chi connectivity index (χ0v) is 13.5. The molecule has 114 valence electrons. The number of likely N-dealkylation sites (N-methyl/N-ethyl adjacent to an activating group) is 1. The summed E-state index contributed by atoms with van der Waals surface area (Å²) in [5, 5.41) is 3.41. The van der Waals surface area contributed by atoms with E-state index in [4.69, 9.17) is 23.2 Å². The summed E-state index contributed by atoms with van der Waals surface area (Å²) in [6, 6.07) is 4.48. The first-order valence-corrected chi connectivity index (χ1v) is 7.13. The molecule has 0 saturated heterocycles. The number of rotatable bonds is 7. The van der Waals surface area contributed by atoms with Crippen LogP contribution in [0.5, 0.6) is 0 Å². The van der Waals surface area contributed by atoms with Crippen LogP contribution in [0.15, 0.2) is 30.4 Å². The molecule has 4 nitrogen and oxygen atoms in total. The molecule has 0 heterocycles. The van der Waals surface area contributed by atoms with Gasteiger partial charge < -0.3 is 10.2 Å². The molecule has 0 aromatic heterocycles. The summed E-state index contributed by atoms with van der Waals surface area (Å²) in [4.78, 5) is 24.6. The number of nitrogens with zero attached hydrogens (tertiary/aromatic N) is 1. The predicted octanol–water partition coefficient (Wildman–Crippen LogP) is 2.69. The molecule has 0 bridgehead atoms. The van der Waals surface area contributed by atoms with Crippen molar-refractivity contribution in [2.45, 2.75) is 19.4 Å². The Kier molecular flexibility index (Phi) is 6.72. The van der Waals surface area contributed by atoms with Gasteiger partial charge in [-0.3, -0.25) is 9.59 Å². The van der Waals surface area contributed by atoms with Crippen molar-refractivity contribution in [2.24, 2.45) is 0 Å². The van der Waals surface area contributed by atoms with Crippen LogP contribution in [0.25, 0.3) is 0 Å². The molecule has 21 heavy (non-hydrogen) atoms. The van der Waals surface area contributed by atoms with E-state index in [-0.39, 0.29) is 5.91 Å². The molecule has 2 amide bonds. The van der Waals surface area contributed by atoms with E-state index < -0.39 is 6.04 Å². The Morgan fingerprint density at radius 1 is 1.43 bits per heavy atom. The summed E-state index contributed by atoms with van der Waals surface area (Å²) in [7, 11) is 1.67. The molecule has 6 heteroatoms. The van der Waals surface area contributed by atoms with Gasteiger partial charge in [-0.15, -0.1) is 0 Å². The second kappa shape index (κ2) is 8.05. The standard InChI is InChI=1S/C15H18Cl2N2O2/c1-10(2)8-19(3)15(21)14(18-9-20)7-11-4-5-12(16)13(17)6-11/h4-6,9,14H,1,7-8H2,2-3H3,(H,18,20). The summed E-state index contributed by atoms with van der Waals surface area (Å²) < 4.78 is 0. The van der Waals surface area contributed by atoms with Crippen LogP contribution in [-0.4, -0.2) is 36.9 Å². The lowest BCUT2D eigenvalue weighted by Gasteiger charge is -2.23. The minimum Gasteiger partial charge on any atom is -0.347 e. The topological polar surface area (TPSA) is 49.4 Å². The number of nitrogens with one attached hydrogen (secondary N) is 1. The van der Waals surface area contributed by atoms with Gasteiger partial charge in [-0.05, 0) is 24.6 Å². The molecule has 1 aromatic rings. The molecule has 0 spiro atoms. The Balaban J connectivity index is 2.85. The third-order valence-electron chi connectivity index (χ3n) is 2.87. The normalized spacial score (nSPS) is 11.6. The van der Waals surface area contributed by atoms with Crippen LogP contribution in [0.4, 0.5) is 0 Å². The quantitative estimate of drug-likeness (QED) is 0.618. The summed E-state index contributed by atoms with van der Waals surface area (Å²) in [5.74, 6) is -0.184.